The van der Waals surface area contributed by atoms with Crippen molar-refractivity contribution in [3.8, 4) is 12.3 Å². The highest BCUT2D eigenvalue weighted by molar-refractivity contribution is 5.95. The van der Waals surface area contributed by atoms with E-state index in [9.17, 15) is 4.79 Å². The Morgan fingerprint density at radius 2 is 2.00 bits per heavy atom. The molecule has 0 saturated heterocycles. The molecule has 2 aromatic carbocycles. The number of aliphatic imine (C=N–C) groups is 1. The molecule has 3 N–H and O–H groups in total. The highest BCUT2D eigenvalue weighted by Gasteiger charge is 2.11. The zero-order valence-corrected chi connectivity index (χ0v) is 15.9. The van der Waals surface area contributed by atoms with Crippen molar-refractivity contribution in [2.75, 3.05) is 18.9 Å². The average Bonchev–Trinajstić information content (AvgIpc) is 3.04. The zero-order valence-electron chi connectivity index (χ0n) is 15.9. The van der Waals surface area contributed by atoms with Gasteiger partial charge in [0.1, 0.15) is 11.3 Å². The number of anilines is 1. The molecule has 0 unspecified atom stereocenters. The van der Waals surface area contributed by atoms with E-state index in [0.29, 0.717) is 23.8 Å². The summed E-state index contributed by atoms with van der Waals surface area (Å²) >= 11 is 0. The van der Waals surface area contributed by atoms with Crippen molar-refractivity contribution in [3.05, 3.63) is 65.4 Å². The van der Waals surface area contributed by atoms with Gasteiger partial charge in [0.15, 0.2) is 5.96 Å². The number of guanidine groups is 1. The van der Waals surface area contributed by atoms with E-state index in [4.69, 9.17) is 10.8 Å². The monoisotopic (exact) mass is 374 g/mol. The Kier molecular flexibility index (Phi) is 5.97. The highest BCUT2D eigenvalue weighted by Crippen LogP contribution is 2.24. The van der Waals surface area contributed by atoms with Crippen LogP contribution in [0.25, 0.3) is 11.0 Å². The number of amides is 1. The Morgan fingerprint density at radius 1 is 1.18 bits per heavy atom. The molecule has 0 saturated carbocycles. The summed E-state index contributed by atoms with van der Waals surface area (Å²) < 4.78 is 5.88. The second kappa shape index (κ2) is 8.78. The normalized spacial score (nSPS) is 11.1. The van der Waals surface area contributed by atoms with Gasteiger partial charge in [-0.05, 0) is 31.2 Å². The van der Waals surface area contributed by atoms with Crippen LogP contribution < -0.4 is 16.0 Å². The fourth-order valence-electron chi connectivity index (χ4n) is 2.83. The lowest BCUT2D eigenvalue weighted by atomic mass is 10.1. The molecule has 0 fully saturated rings. The molecule has 1 heterocycles. The van der Waals surface area contributed by atoms with Crippen molar-refractivity contribution in [2.45, 2.75) is 13.5 Å². The van der Waals surface area contributed by atoms with Gasteiger partial charge in [-0.15, -0.1) is 6.42 Å². The topological polar surface area (TPSA) is 78.7 Å². The molecule has 0 aliphatic heterocycles. The molecule has 0 atom stereocenters. The van der Waals surface area contributed by atoms with Gasteiger partial charge in [-0.3, -0.25) is 9.79 Å². The lowest BCUT2D eigenvalue weighted by Crippen LogP contribution is -2.41. The smallest absolute Gasteiger partial charge is 0.243 e. The summed E-state index contributed by atoms with van der Waals surface area (Å²) in [6.07, 6.45) is 5.38. The van der Waals surface area contributed by atoms with E-state index in [1.165, 1.54) is 0 Å². The van der Waals surface area contributed by atoms with E-state index in [0.717, 1.165) is 22.3 Å². The number of hydrogen-bond acceptors (Lipinski definition) is 3. The van der Waals surface area contributed by atoms with Crippen LogP contribution in [-0.2, 0) is 11.3 Å². The molecule has 0 radical (unpaired) electrons. The first-order valence-electron chi connectivity index (χ1n) is 8.88. The molecule has 6 nitrogen and oxygen atoms in total. The van der Waals surface area contributed by atoms with Gasteiger partial charge in [0.05, 0.1) is 13.1 Å². The number of fused-ring (bicyclic) bond motifs is 1. The summed E-state index contributed by atoms with van der Waals surface area (Å²) in [7, 11) is 1.65. The summed E-state index contributed by atoms with van der Waals surface area (Å²) in [4.78, 5) is 16.3. The van der Waals surface area contributed by atoms with Crippen LogP contribution in [0.5, 0.6) is 0 Å². The number of furan rings is 1. The molecular formula is C22H22N4O2. The number of benzene rings is 2. The van der Waals surface area contributed by atoms with E-state index in [-0.39, 0.29) is 12.5 Å². The van der Waals surface area contributed by atoms with Gasteiger partial charge in [-0.25, -0.2) is 0 Å². The minimum Gasteiger partial charge on any atom is -0.459 e. The standard InChI is InChI=1S/C22H22N4O2/c1-4-16-8-7-9-17(12-16)26-21(27)14-25-22(23-3)24-13-20-15(2)18-10-5-6-11-19(18)28-20/h1,5-12H,13-14H2,2-3H3,(H,26,27)(H2,23,24,25). The lowest BCUT2D eigenvalue weighted by Gasteiger charge is -2.11. The average molecular weight is 374 g/mol. The molecule has 142 valence electrons. The molecule has 1 aromatic heterocycles. The van der Waals surface area contributed by atoms with Gasteiger partial charge in [-0.1, -0.05) is 30.2 Å². The van der Waals surface area contributed by atoms with Crippen molar-refractivity contribution in [1.29, 1.82) is 0 Å². The van der Waals surface area contributed by atoms with Crippen LogP contribution in [0.15, 0.2) is 57.9 Å². The Hall–Kier alpha value is -3.72. The number of hydrogen-bond donors (Lipinski definition) is 3. The second-order valence-corrected chi connectivity index (χ2v) is 6.20. The Balaban J connectivity index is 1.53. The van der Waals surface area contributed by atoms with E-state index in [1.54, 1.807) is 31.3 Å². The van der Waals surface area contributed by atoms with Gasteiger partial charge in [0, 0.05) is 29.2 Å². The highest BCUT2D eigenvalue weighted by atomic mass is 16.3. The Labute approximate surface area is 164 Å². The predicted octanol–water partition coefficient (Wildman–Crippen LogP) is 3.03. The quantitative estimate of drug-likeness (QED) is 0.364. The molecule has 0 aliphatic carbocycles. The first-order chi connectivity index (χ1) is 13.6. The molecule has 0 aliphatic rings. The fourth-order valence-corrected chi connectivity index (χ4v) is 2.83. The molecular weight excluding hydrogens is 352 g/mol. The minimum absolute atomic E-state index is 0.0685. The summed E-state index contributed by atoms with van der Waals surface area (Å²) in [5.74, 6) is 3.68. The molecule has 0 bridgehead atoms. The maximum absolute atomic E-state index is 12.2. The predicted molar refractivity (Wildman–Crippen MR) is 112 cm³/mol. The van der Waals surface area contributed by atoms with E-state index < -0.39 is 0 Å². The van der Waals surface area contributed by atoms with Gasteiger partial charge in [0.25, 0.3) is 0 Å². The van der Waals surface area contributed by atoms with Gasteiger partial charge in [0.2, 0.25) is 5.91 Å². The van der Waals surface area contributed by atoms with E-state index >= 15 is 0 Å². The van der Waals surface area contributed by atoms with Crippen molar-refractivity contribution < 1.29 is 9.21 Å². The number of nitrogens with zero attached hydrogens (tertiary/aromatic N) is 1. The van der Waals surface area contributed by atoms with Crippen LogP contribution in [0.4, 0.5) is 5.69 Å². The summed E-state index contributed by atoms with van der Waals surface area (Å²) in [6.45, 7) is 2.56. The minimum atomic E-state index is -0.197. The van der Waals surface area contributed by atoms with Gasteiger partial charge >= 0.3 is 0 Å². The number of nitrogens with one attached hydrogen (secondary N) is 3. The van der Waals surface area contributed by atoms with Crippen molar-refractivity contribution in [2.24, 2.45) is 4.99 Å². The number of para-hydroxylation sites is 1. The van der Waals surface area contributed by atoms with E-state index in [1.807, 2.05) is 31.2 Å². The number of rotatable bonds is 5. The van der Waals surface area contributed by atoms with Crippen LogP contribution >= 0.6 is 0 Å². The number of carbonyl (C=O) groups excluding carboxylic acids is 1. The maximum Gasteiger partial charge on any atom is 0.243 e. The first kappa shape index (κ1) is 19.1. The fraction of sp³-hybridized carbons (Fsp3) is 0.182. The van der Waals surface area contributed by atoms with Crippen LogP contribution in [0.1, 0.15) is 16.9 Å². The number of aryl methyl sites for hydroxylation is 1. The Morgan fingerprint density at radius 3 is 2.75 bits per heavy atom. The van der Waals surface area contributed by atoms with Crippen molar-refractivity contribution >= 4 is 28.5 Å². The van der Waals surface area contributed by atoms with Crippen molar-refractivity contribution in [3.63, 3.8) is 0 Å². The lowest BCUT2D eigenvalue weighted by molar-refractivity contribution is -0.115. The SMILES string of the molecule is C#Cc1cccc(NC(=O)CNC(=NC)NCc2oc3ccccc3c2C)c1. The molecule has 0 spiro atoms. The molecule has 3 aromatic rings. The summed E-state index contributed by atoms with van der Waals surface area (Å²) in [5, 5.41) is 10.0. The van der Waals surface area contributed by atoms with Gasteiger partial charge in [-0.2, -0.15) is 0 Å². The first-order valence-corrected chi connectivity index (χ1v) is 8.88. The van der Waals surface area contributed by atoms with Crippen LogP contribution in [-0.4, -0.2) is 25.5 Å². The Bertz CT molecular complexity index is 1060. The second-order valence-electron chi connectivity index (χ2n) is 6.20. The molecule has 28 heavy (non-hydrogen) atoms. The maximum atomic E-state index is 12.2. The van der Waals surface area contributed by atoms with Crippen LogP contribution in [0.3, 0.4) is 0 Å². The third kappa shape index (κ3) is 4.51. The molecule has 3 rings (SSSR count). The number of carbonyl (C=O) groups is 1. The van der Waals surface area contributed by atoms with E-state index in [2.05, 4.69) is 26.9 Å². The van der Waals surface area contributed by atoms with Crippen LogP contribution in [0, 0.1) is 19.3 Å². The summed E-state index contributed by atoms with van der Waals surface area (Å²) in [6, 6.07) is 15.0. The third-order valence-corrected chi connectivity index (χ3v) is 4.31. The van der Waals surface area contributed by atoms with Crippen molar-refractivity contribution in [1.82, 2.24) is 10.6 Å². The largest absolute Gasteiger partial charge is 0.459 e. The summed E-state index contributed by atoms with van der Waals surface area (Å²) in [5.41, 5.74) is 3.31. The number of terminal acetylenes is 1. The molecule has 1 amide bonds. The molecule has 6 heteroatoms. The van der Waals surface area contributed by atoms with Crippen LogP contribution in [0.2, 0.25) is 0 Å². The van der Waals surface area contributed by atoms with Gasteiger partial charge < -0.3 is 20.4 Å². The third-order valence-electron chi connectivity index (χ3n) is 4.31. The zero-order chi connectivity index (χ0) is 19.9.